The Morgan fingerprint density at radius 3 is 1.47 bits per heavy atom. The molecule has 6 nitrogen and oxygen atoms in total. The Hall–Kier alpha value is -4.32. The number of benzene rings is 4. The zero-order valence-corrected chi connectivity index (χ0v) is 17.7. The lowest BCUT2D eigenvalue weighted by Crippen LogP contribution is -1.87. The molecule has 0 amide bonds. The molecule has 0 aliphatic heterocycles. The van der Waals surface area contributed by atoms with Crippen molar-refractivity contribution in [2.24, 2.45) is 9.98 Å². The van der Waals surface area contributed by atoms with Gasteiger partial charge in [-0.1, -0.05) is 24.3 Å². The molecule has 0 bridgehead atoms. The Morgan fingerprint density at radius 1 is 0.625 bits per heavy atom. The standard InChI is InChI=1S/C26H22N2O4/c1-31-19-9-11-25(29)17(13-19)15-27-23-7-3-6-22-21(23)5-4-8-24(22)28-16-18-14-20(32-2)10-12-26(18)30/h3-16,29-30H,1-2H3. The number of rotatable bonds is 6. The van der Waals surface area contributed by atoms with Crippen molar-refractivity contribution in [1.82, 2.24) is 0 Å². The second kappa shape index (κ2) is 9.22. The van der Waals surface area contributed by atoms with Crippen LogP contribution in [0.3, 0.4) is 0 Å². The number of ether oxygens (including phenoxy) is 2. The maximum atomic E-state index is 10.1. The van der Waals surface area contributed by atoms with Gasteiger partial charge in [0.05, 0.1) is 25.6 Å². The number of phenolic OH excluding ortho intramolecular Hbond substituents is 2. The Morgan fingerprint density at radius 2 is 1.06 bits per heavy atom. The van der Waals surface area contributed by atoms with Gasteiger partial charge in [0.2, 0.25) is 0 Å². The van der Waals surface area contributed by atoms with Crippen molar-refractivity contribution in [2.75, 3.05) is 14.2 Å². The first-order valence-electron chi connectivity index (χ1n) is 9.93. The van der Waals surface area contributed by atoms with Crippen LogP contribution in [0.5, 0.6) is 23.0 Å². The van der Waals surface area contributed by atoms with Crippen molar-refractivity contribution in [3.05, 3.63) is 83.9 Å². The number of hydrogen-bond donors (Lipinski definition) is 2. The number of aliphatic imine (C=N–C) groups is 2. The van der Waals surface area contributed by atoms with E-state index in [2.05, 4.69) is 9.98 Å². The molecule has 0 aliphatic rings. The highest BCUT2D eigenvalue weighted by molar-refractivity contribution is 6.02. The third-order valence-corrected chi connectivity index (χ3v) is 5.03. The van der Waals surface area contributed by atoms with Crippen LogP contribution < -0.4 is 9.47 Å². The van der Waals surface area contributed by atoms with Crippen LogP contribution in [0, 0.1) is 0 Å². The van der Waals surface area contributed by atoms with Gasteiger partial charge in [-0.05, 0) is 48.5 Å². The molecule has 0 aromatic heterocycles. The molecule has 0 heterocycles. The topological polar surface area (TPSA) is 83.6 Å². The van der Waals surface area contributed by atoms with Gasteiger partial charge >= 0.3 is 0 Å². The maximum absolute atomic E-state index is 10.1. The smallest absolute Gasteiger partial charge is 0.124 e. The molecule has 0 spiro atoms. The Bertz CT molecular complexity index is 1230. The summed E-state index contributed by atoms with van der Waals surface area (Å²) in [7, 11) is 3.15. The molecule has 4 rings (SSSR count). The highest BCUT2D eigenvalue weighted by Crippen LogP contribution is 2.33. The normalized spacial score (nSPS) is 11.4. The number of nitrogens with zero attached hydrogens (tertiary/aromatic N) is 2. The molecular weight excluding hydrogens is 404 g/mol. The molecular formula is C26H22N2O4. The van der Waals surface area contributed by atoms with E-state index in [0.29, 0.717) is 22.6 Å². The van der Waals surface area contributed by atoms with Crippen LogP contribution in [-0.4, -0.2) is 36.9 Å². The summed E-state index contributed by atoms with van der Waals surface area (Å²) in [5.74, 6) is 1.52. The highest BCUT2D eigenvalue weighted by Gasteiger charge is 2.06. The van der Waals surface area contributed by atoms with E-state index in [4.69, 9.17) is 9.47 Å². The van der Waals surface area contributed by atoms with E-state index >= 15 is 0 Å². The van der Waals surface area contributed by atoms with Crippen molar-refractivity contribution in [2.45, 2.75) is 0 Å². The molecule has 6 heteroatoms. The van der Waals surface area contributed by atoms with Gasteiger partial charge in [0, 0.05) is 34.3 Å². The lowest BCUT2D eigenvalue weighted by molar-refractivity contribution is 0.412. The summed E-state index contributed by atoms with van der Waals surface area (Å²) in [5, 5.41) is 22.0. The molecule has 0 atom stereocenters. The summed E-state index contributed by atoms with van der Waals surface area (Å²) in [6.45, 7) is 0. The van der Waals surface area contributed by atoms with Gasteiger partial charge in [0.25, 0.3) is 0 Å². The van der Waals surface area contributed by atoms with E-state index in [1.165, 1.54) is 0 Å². The molecule has 0 saturated carbocycles. The van der Waals surface area contributed by atoms with Gasteiger partial charge in [-0.3, -0.25) is 9.98 Å². The first-order chi connectivity index (χ1) is 15.6. The maximum Gasteiger partial charge on any atom is 0.124 e. The number of methoxy groups -OCH3 is 2. The SMILES string of the molecule is COc1ccc(O)c(C=Nc2cccc3c(N=Cc4cc(OC)ccc4O)cccc23)c1. The van der Waals surface area contributed by atoms with Crippen molar-refractivity contribution in [3.8, 4) is 23.0 Å². The minimum Gasteiger partial charge on any atom is -0.507 e. The summed E-state index contributed by atoms with van der Waals surface area (Å²) in [6.07, 6.45) is 3.22. The van der Waals surface area contributed by atoms with Crippen LogP contribution in [0.2, 0.25) is 0 Å². The summed E-state index contributed by atoms with van der Waals surface area (Å²) in [6, 6.07) is 21.5. The van der Waals surface area contributed by atoms with E-state index in [1.807, 2.05) is 36.4 Å². The number of aromatic hydroxyl groups is 2. The fourth-order valence-electron chi connectivity index (χ4n) is 3.31. The third-order valence-electron chi connectivity index (χ3n) is 5.03. The largest absolute Gasteiger partial charge is 0.507 e. The van der Waals surface area contributed by atoms with Gasteiger partial charge < -0.3 is 19.7 Å². The lowest BCUT2D eigenvalue weighted by Gasteiger charge is -2.06. The molecule has 0 fully saturated rings. The summed E-state index contributed by atoms with van der Waals surface area (Å²) < 4.78 is 10.4. The molecule has 0 radical (unpaired) electrons. The number of fused-ring (bicyclic) bond motifs is 1. The summed E-state index contributed by atoms with van der Waals surface area (Å²) >= 11 is 0. The Balaban J connectivity index is 1.71. The summed E-state index contributed by atoms with van der Waals surface area (Å²) in [4.78, 5) is 9.18. The molecule has 2 N–H and O–H groups in total. The predicted molar refractivity (Wildman–Crippen MR) is 128 cm³/mol. The van der Waals surface area contributed by atoms with Crippen LogP contribution in [-0.2, 0) is 0 Å². The van der Waals surface area contributed by atoms with Crippen LogP contribution in [0.25, 0.3) is 10.8 Å². The molecule has 0 aliphatic carbocycles. The highest BCUT2D eigenvalue weighted by atomic mass is 16.5. The monoisotopic (exact) mass is 426 g/mol. The minimum atomic E-state index is 0.123. The van der Waals surface area contributed by atoms with E-state index in [-0.39, 0.29) is 11.5 Å². The van der Waals surface area contributed by atoms with Crippen LogP contribution in [0.15, 0.2) is 82.8 Å². The first-order valence-corrected chi connectivity index (χ1v) is 9.93. The lowest BCUT2D eigenvalue weighted by atomic mass is 10.1. The minimum absolute atomic E-state index is 0.123. The molecule has 4 aromatic rings. The van der Waals surface area contributed by atoms with Gasteiger partial charge in [-0.25, -0.2) is 0 Å². The number of hydrogen-bond acceptors (Lipinski definition) is 6. The Labute approximate surface area is 185 Å². The summed E-state index contributed by atoms with van der Waals surface area (Å²) in [5.41, 5.74) is 2.60. The zero-order chi connectivity index (χ0) is 22.5. The number of phenols is 2. The average molecular weight is 426 g/mol. The quantitative estimate of drug-likeness (QED) is 0.384. The van der Waals surface area contributed by atoms with Crippen LogP contribution in [0.4, 0.5) is 11.4 Å². The fourth-order valence-corrected chi connectivity index (χ4v) is 3.31. The average Bonchev–Trinajstić information content (AvgIpc) is 2.83. The molecule has 160 valence electrons. The van der Waals surface area contributed by atoms with Crippen LogP contribution in [0.1, 0.15) is 11.1 Å². The zero-order valence-electron chi connectivity index (χ0n) is 17.7. The molecule has 0 unspecified atom stereocenters. The van der Waals surface area contributed by atoms with Crippen LogP contribution >= 0.6 is 0 Å². The fraction of sp³-hybridized carbons (Fsp3) is 0.0769. The van der Waals surface area contributed by atoms with E-state index in [0.717, 1.165) is 22.1 Å². The van der Waals surface area contributed by atoms with Gasteiger partial charge in [0.15, 0.2) is 0 Å². The second-order valence-corrected chi connectivity index (χ2v) is 7.02. The van der Waals surface area contributed by atoms with E-state index in [9.17, 15) is 10.2 Å². The second-order valence-electron chi connectivity index (χ2n) is 7.02. The molecule has 0 saturated heterocycles. The van der Waals surface area contributed by atoms with Crippen molar-refractivity contribution >= 4 is 34.6 Å². The van der Waals surface area contributed by atoms with Crippen molar-refractivity contribution in [1.29, 1.82) is 0 Å². The van der Waals surface area contributed by atoms with E-state index < -0.39 is 0 Å². The first kappa shape index (κ1) is 20.9. The van der Waals surface area contributed by atoms with Crippen molar-refractivity contribution < 1.29 is 19.7 Å². The Kier molecular flexibility index (Phi) is 6.03. The molecule has 32 heavy (non-hydrogen) atoms. The molecule has 4 aromatic carbocycles. The van der Waals surface area contributed by atoms with Gasteiger partial charge in [-0.2, -0.15) is 0 Å². The van der Waals surface area contributed by atoms with Gasteiger partial charge in [0.1, 0.15) is 23.0 Å². The third kappa shape index (κ3) is 4.39. The predicted octanol–water partition coefficient (Wildman–Crippen LogP) is 5.77. The van der Waals surface area contributed by atoms with E-state index in [1.54, 1.807) is 63.0 Å². The van der Waals surface area contributed by atoms with Gasteiger partial charge in [-0.15, -0.1) is 0 Å². The van der Waals surface area contributed by atoms with Crippen molar-refractivity contribution in [3.63, 3.8) is 0 Å².